The molecular weight excluding hydrogens is 440 g/mol. The standard InChI is InChI=1S/C21H23ClN4O2S2/c1-15-4-3-5-18(12-15)26-20(16-6-8-17(22)9-7-16)23-25(21(26)29)14-24(2)19-10-11-30(27,28)13-19/h3-9,12,19H,10-11,13-14H2,1-2H3/t19-/m1/s1. The van der Waals surface area contributed by atoms with Crippen LogP contribution in [0, 0.1) is 11.7 Å². The van der Waals surface area contributed by atoms with Crippen molar-refractivity contribution in [1.29, 1.82) is 0 Å². The Bertz CT molecular complexity index is 1230. The molecule has 6 nitrogen and oxygen atoms in total. The highest BCUT2D eigenvalue weighted by Crippen LogP contribution is 2.25. The average Bonchev–Trinajstić information content (AvgIpc) is 3.22. The molecule has 1 aromatic heterocycles. The van der Waals surface area contributed by atoms with E-state index in [4.69, 9.17) is 28.9 Å². The Morgan fingerprint density at radius 1 is 1.23 bits per heavy atom. The first-order chi connectivity index (χ1) is 14.2. The predicted octanol–water partition coefficient (Wildman–Crippen LogP) is 4.11. The summed E-state index contributed by atoms with van der Waals surface area (Å²) in [5, 5.41) is 5.46. The molecular formula is C21H23ClN4O2S2. The summed E-state index contributed by atoms with van der Waals surface area (Å²) in [5.41, 5.74) is 2.96. The Morgan fingerprint density at radius 3 is 2.60 bits per heavy atom. The Balaban J connectivity index is 1.76. The summed E-state index contributed by atoms with van der Waals surface area (Å²) in [6.45, 7) is 2.45. The Kier molecular flexibility index (Phi) is 5.85. The second kappa shape index (κ2) is 8.26. The molecule has 2 aromatic carbocycles. The first kappa shape index (κ1) is 21.2. The molecule has 1 aliphatic heterocycles. The SMILES string of the molecule is Cc1cccc(-n2c(-c3ccc(Cl)cc3)nn(CN(C)[C@@H]3CCS(=O)(=O)C3)c2=S)c1. The van der Waals surface area contributed by atoms with Gasteiger partial charge >= 0.3 is 0 Å². The Labute approximate surface area is 186 Å². The largest absolute Gasteiger partial charge is 0.283 e. The first-order valence-corrected chi connectivity index (χ1v) is 12.3. The van der Waals surface area contributed by atoms with E-state index in [2.05, 4.69) is 6.07 Å². The maximum absolute atomic E-state index is 11.9. The summed E-state index contributed by atoms with van der Waals surface area (Å²) in [4.78, 5) is 2.01. The summed E-state index contributed by atoms with van der Waals surface area (Å²) in [5.74, 6) is 1.13. The van der Waals surface area contributed by atoms with Crippen molar-refractivity contribution in [2.45, 2.75) is 26.1 Å². The van der Waals surface area contributed by atoms with Gasteiger partial charge in [0.2, 0.25) is 4.77 Å². The van der Waals surface area contributed by atoms with Crippen LogP contribution >= 0.6 is 23.8 Å². The third-order valence-electron chi connectivity index (χ3n) is 5.39. The number of halogens is 1. The first-order valence-electron chi connectivity index (χ1n) is 9.67. The maximum Gasteiger partial charge on any atom is 0.204 e. The average molecular weight is 463 g/mol. The van der Waals surface area contributed by atoms with Crippen molar-refractivity contribution in [1.82, 2.24) is 19.2 Å². The van der Waals surface area contributed by atoms with Crippen LogP contribution in [0.1, 0.15) is 12.0 Å². The predicted molar refractivity (Wildman–Crippen MR) is 122 cm³/mol. The highest BCUT2D eigenvalue weighted by molar-refractivity contribution is 7.91. The van der Waals surface area contributed by atoms with Crippen LogP contribution in [0.15, 0.2) is 48.5 Å². The van der Waals surface area contributed by atoms with Crippen molar-refractivity contribution in [3.63, 3.8) is 0 Å². The van der Waals surface area contributed by atoms with Gasteiger partial charge in [-0.15, -0.1) is 5.10 Å². The smallest absolute Gasteiger partial charge is 0.204 e. The lowest BCUT2D eigenvalue weighted by atomic mass is 10.2. The molecule has 158 valence electrons. The molecule has 9 heteroatoms. The van der Waals surface area contributed by atoms with Gasteiger partial charge in [-0.05, 0) is 74.6 Å². The molecule has 1 aliphatic rings. The molecule has 0 spiro atoms. The number of aryl methyl sites for hydroxylation is 1. The van der Waals surface area contributed by atoms with Crippen LogP contribution in [0.3, 0.4) is 0 Å². The molecule has 1 fully saturated rings. The molecule has 4 rings (SSSR count). The van der Waals surface area contributed by atoms with E-state index >= 15 is 0 Å². The minimum atomic E-state index is -2.96. The highest BCUT2D eigenvalue weighted by Gasteiger charge is 2.31. The van der Waals surface area contributed by atoms with Crippen LogP contribution in [0.4, 0.5) is 0 Å². The molecule has 1 saturated heterocycles. The number of aromatic nitrogens is 3. The number of rotatable bonds is 5. The van der Waals surface area contributed by atoms with Gasteiger partial charge in [0.15, 0.2) is 15.7 Å². The second-order valence-electron chi connectivity index (χ2n) is 7.74. The second-order valence-corrected chi connectivity index (χ2v) is 10.8. The summed E-state index contributed by atoms with van der Waals surface area (Å²) >= 11 is 11.9. The fraction of sp³-hybridized carbons (Fsp3) is 0.333. The van der Waals surface area contributed by atoms with Crippen molar-refractivity contribution >= 4 is 33.7 Å². The van der Waals surface area contributed by atoms with Crippen LogP contribution in [0.25, 0.3) is 17.1 Å². The van der Waals surface area contributed by atoms with Crippen molar-refractivity contribution in [2.75, 3.05) is 18.6 Å². The zero-order valence-electron chi connectivity index (χ0n) is 16.8. The van der Waals surface area contributed by atoms with E-state index in [9.17, 15) is 8.42 Å². The molecule has 0 bridgehead atoms. The van der Waals surface area contributed by atoms with Crippen molar-refractivity contribution in [2.24, 2.45) is 0 Å². The van der Waals surface area contributed by atoms with E-state index in [0.29, 0.717) is 22.9 Å². The molecule has 0 N–H and O–H groups in total. The van der Waals surface area contributed by atoms with E-state index in [1.807, 2.05) is 65.9 Å². The van der Waals surface area contributed by atoms with Crippen molar-refractivity contribution in [3.8, 4) is 17.1 Å². The molecule has 0 amide bonds. The van der Waals surface area contributed by atoms with Gasteiger partial charge in [0.05, 0.1) is 23.9 Å². The minimum Gasteiger partial charge on any atom is -0.283 e. The van der Waals surface area contributed by atoms with Crippen LogP contribution in [-0.2, 0) is 16.5 Å². The van der Waals surface area contributed by atoms with Crippen LogP contribution in [-0.4, -0.2) is 52.3 Å². The molecule has 0 aliphatic carbocycles. The number of hydrogen-bond acceptors (Lipinski definition) is 5. The van der Waals surface area contributed by atoms with E-state index in [-0.39, 0.29) is 17.5 Å². The number of benzene rings is 2. The lowest BCUT2D eigenvalue weighted by Crippen LogP contribution is -2.34. The Hall–Kier alpha value is -2.00. The molecule has 0 unspecified atom stereocenters. The molecule has 3 aromatic rings. The summed E-state index contributed by atoms with van der Waals surface area (Å²) in [6, 6.07) is 15.6. The van der Waals surface area contributed by atoms with E-state index in [1.54, 1.807) is 4.68 Å². The van der Waals surface area contributed by atoms with Crippen LogP contribution in [0.2, 0.25) is 5.02 Å². The fourth-order valence-electron chi connectivity index (χ4n) is 3.74. The molecule has 1 atom stereocenters. The minimum absolute atomic E-state index is 0.0278. The summed E-state index contributed by atoms with van der Waals surface area (Å²) in [7, 11) is -1.04. The number of nitrogens with zero attached hydrogens (tertiary/aromatic N) is 4. The molecule has 0 saturated carbocycles. The van der Waals surface area contributed by atoms with E-state index < -0.39 is 9.84 Å². The maximum atomic E-state index is 11.9. The normalized spacial score (nSPS) is 18.2. The highest BCUT2D eigenvalue weighted by atomic mass is 35.5. The quantitative estimate of drug-likeness (QED) is 0.534. The van der Waals surface area contributed by atoms with Gasteiger partial charge in [-0.25, -0.2) is 13.1 Å². The molecule has 2 heterocycles. The monoisotopic (exact) mass is 462 g/mol. The lowest BCUT2D eigenvalue weighted by Gasteiger charge is -2.22. The zero-order valence-corrected chi connectivity index (χ0v) is 19.2. The number of hydrogen-bond donors (Lipinski definition) is 0. The fourth-order valence-corrected chi connectivity index (χ4v) is 5.96. The van der Waals surface area contributed by atoms with Gasteiger partial charge in [-0.1, -0.05) is 23.7 Å². The van der Waals surface area contributed by atoms with Crippen molar-refractivity contribution in [3.05, 3.63) is 63.9 Å². The van der Waals surface area contributed by atoms with E-state index in [1.165, 1.54) is 0 Å². The van der Waals surface area contributed by atoms with Gasteiger partial charge in [0, 0.05) is 16.6 Å². The third kappa shape index (κ3) is 4.37. The molecule has 30 heavy (non-hydrogen) atoms. The summed E-state index contributed by atoms with van der Waals surface area (Å²) < 4.78 is 28.0. The summed E-state index contributed by atoms with van der Waals surface area (Å²) in [6.07, 6.45) is 0.634. The zero-order chi connectivity index (χ0) is 21.5. The van der Waals surface area contributed by atoms with Gasteiger partial charge in [0.25, 0.3) is 0 Å². The van der Waals surface area contributed by atoms with Crippen LogP contribution in [0.5, 0.6) is 0 Å². The van der Waals surface area contributed by atoms with Gasteiger partial charge in [0.1, 0.15) is 0 Å². The van der Waals surface area contributed by atoms with Crippen molar-refractivity contribution < 1.29 is 8.42 Å². The van der Waals surface area contributed by atoms with Gasteiger partial charge in [-0.3, -0.25) is 9.47 Å². The van der Waals surface area contributed by atoms with E-state index in [0.717, 1.165) is 22.6 Å². The lowest BCUT2D eigenvalue weighted by molar-refractivity contribution is 0.196. The van der Waals surface area contributed by atoms with Crippen LogP contribution < -0.4 is 0 Å². The van der Waals surface area contributed by atoms with Gasteiger partial charge in [-0.2, -0.15) is 0 Å². The Morgan fingerprint density at radius 2 is 1.97 bits per heavy atom. The third-order valence-corrected chi connectivity index (χ3v) is 7.79. The molecule has 0 radical (unpaired) electrons. The van der Waals surface area contributed by atoms with Gasteiger partial charge < -0.3 is 0 Å². The topological polar surface area (TPSA) is 60.1 Å². The number of sulfone groups is 1.